The van der Waals surface area contributed by atoms with Gasteiger partial charge >= 0.3 is 0 Å². The molecule has 0 spiro atoms. The number of allylic oxidation sites excluding steroid dienone is 4. The van der Waals surface area contributed by atoms with Crippen molar-refractivity contribution in [3.05, 3.63) is 58.3 Å². The van der Waals surface area contributed by atoms with Gasteiger partial charge in [-0.1, -0.05) is 57.3 Å². The molecule has 106 valence electrons. The molecule has 1 aromatic heterocycles. The Bertz CT molecular complexity index is 619. The first-order valence-electron chi connectivity index (χ1n) is 5.66. The third kappa shape index (κ3) is 4.71. The SMILES string of the molecule is C=C(/C=C\C(=C/C)Nc1nc[nH]c(=O)c1C=N)[C@@H](Br)I. The van der Waals surface area contributed by atoms with Gasteiger partial charge in [-0.2, -0.15) is 0 Å². The molecule has 0 fully saturated rings. The highest BCUT2D eigenvalue weighted by Gasteiger charge is 2.06. The molecule has 7 heteroatoms. The molecule has 20 heavy (non-hydrogen) atoms. The third-order valence-corrected chi connectivity index (χ3v) is 3.75. The normalized spacial score (nSPS) is 13.2. The maximum absolute atomic E-state index is 11.6. The molecule has 0 amide bonds. The molecule has 0 radical (unpaired) electrons. The van der Waals surface area contributed by atoms with Gasteiger partial charge in [0.2, 0.25) is 0 Å². The Kier molecular flexibility index (Phi) is 6.86. The predicted octanol–water partition coefficient (Wildman–Crippen LogP) is 3.35. The van der Waals surface area contributed by atoms with Crippen LogP contribution in [0.15, 0.2) is 47.2 Å². The predicted molar refractivity (Wildman–Crippen MR) is 95.1 cm³/mol. The maximum Gasteiger partial charge on any atom is 0.261 e. The van der Waals surface area contributed by atoms with Crippen molar-refractivity contribution in [1.29, 1.82) is 5.41 Å². The van der Waals surface area contributed by atoms with Crippen molar-refractivity contribution in [3.63, 3.8) is 0 Å². The van der Waals surface area contributed by atoms with Crippen molar-refractivity contribution in [3.8, 4) is 0 Å². The standard InChI is InChI=1S/C13H14BrIN4O/c1-3-9(5-4-8(2)11(14)15)19-12-10(6-16)13(20)18-7-17-12/h3-7,11,16H,2H2,1H3,(H2,17,18,19,20)/b5-4-,9-3+,16-6?/t11-/m0/s1. The average Bonchev–Trinajstić information content (AvgIpc) is 2.42. The number of aromatic nitrogens is 2. The number of halogens is 2. The Balaban J connectivity index is 2.96. The fraction of sp³-hybridized carbons (Fsp3) is 0.154. The molecule has 1 heterocycles. The maximum atomic E-state index is 11.6. The molecule has 1 rings (SSSR count). The van der Waals surface area contributed by atoms with Crippen LogP contribution in [0.1, 0.15) is 12.5 Å². The fourth-order valence-corrected chi connectivity index (χ4v) is 1.62. The number of aromatic amines is 1. The molecule has 0 saturated carbocycles. The Morgan fingerprint density at radius 3 is 2.90 bits per heavy atom. The summed E-state index contributed by atoms with van der Waals surface area (Å²) in [6.07, 6.45) is 7.82. The van der Waals surface area contributed by atoms with Gasteiger partial charge in [0.15, 0.2) is 0 Å². The quantitative estimate of drug-likeness (QED) is 0.270. The first kappa shape index (κ1) is 16.8. The Morgan fingerprint density at radius 1 is 1.65 bits per heavy atom. The van der Waals surface area contributed by atoms with E-state index in [1.54, 1.807) is 0 Å². The van der Waals surface area contributed by atoms with E-state index in [0.29, 0.717) is 5.82 Å². The summed E-state index contributed by atoms with van der Waals surface area (Å²) < 4.78 is 0.157. The van der Waals surface area contributed by atoms with Crippen molar-refractivity contribution in [2.75, 3.05) is 5.32 Å². The lowest BCUT2D eigenvalue weighted by molar-refractivity contribution is 1.10. The molecule has 0 aliphatic rings. The minimum absolute atomic E-state index is 0.157. The molecule has 0 bridgehead atoms. The van der Waals surface area contributed by atoms with E-state index < -0.39 is 0 Å². The molecule has 0 aliphatic heterocycles. The molecule has 0 unspecified atom stereocenters. The number of hydrogen-bond acceptors (Lipinski definition) is 4. The van der Waals surface area contributed by atoms with Crippen molar-refractivity contribution in [1.82, 2.24) is 9.97 Å². The van der Waals surface area contributed by atoms with Gasteiger partial charge in [0.25, 0.3) is 5.56 Å². The van der Waals surface area contributed by atoms with Crippen LogP contribution in [-0.4, -0.2) is 19.0 Å². The third-order valence-electron chi connectivity index (χ3n) is 2.36. The summed E-state index contributed by atoms with van der Waals surface area (Å²) >= 11 is 5.62. The Morgan fingerprint density at radius 2 is 2.35 bits per heavy atom. The summed E-state index contributed by atoms with van der Waals surface area (Å²) in [7, 11) is 0. The summed E-state index contributed by atoms with van der Waals surface area (Å²) in [5, 5.41) is 10.3. The van der Waals surface area contributed by atoms with E-state index in [1.165, 1.54) is 6.33 Å². The lowest BCUT2D eigenvalue weighted by Crippen LogP contribution is -2.16. The first-order chi connectivity index (χ1) is 9.49. The fourth-order valence-electron chi connectivity index (χ4n) is 1.26. The molecule has 5 nitrogen and oxygen atoms in total. The molecule has 1 atom stereocenters. The first-order valence-corrected chi connectivity index (χ1v) is 7.82. The minimum Gasteiger partial charge on any atom is -0.340 e. The Hall–Kier alpha value is -1.22. The van der Waals surface area contributed by atoms with Crippen LogP contribution in [0.4, 0.5) is 5.82 Å². The van der Waals surface area contributed by atoms with Gasteiger partial charge in [0.1, 0.15) is 5.82 Å². The van der Waals surface area contributed by atoms with Crippen LogP contribution in [0.3, 0.4) is 0 Å². The molecular weight excluding hydrogens is 435 g/mol. The molecule has 0 saturated heterocycles. The van der Waals surface area contributed by atoms with Crippen molar-refractivity contribution in [2.45, 2.75) is 9.76 Å². The number of nitrogens with one attached hydrogen (secondary N) is 3. The van der Waals surface area contributed by atoms with Gasteiger partial charge in [-0.3, -0.25) is 4.79 Å². The van der Waals surface area contributed by atoms with Crippen LogP contribution in [0.2, 0.25) is 0 Å². The molecule has 0 aliphatic carbocycles. The van der Waals surface area contributed by atoms with Crippen LogP contribution < -0.4 is 10.9 Å². The number of rotatable bonds is 6. The number of alkyl halides is 2. The smallest absolute Gasteiger partial charge is 0.261 e. The second-order valence-corrected chi connectivity index (χ2v) is 7.59. The summed E-state index contributed by atoms with van der Waals surface area (Å²) in [6.45, 7) is 5.78. The van der Waals surface area contributed by atoms with Crippen LogP contribution in [0.5, 0.6) is 0 Å². The van der Waals surface area contributed by atoms with Crippen LogP contribution in [-0.2, 0) is 0 Å². The molecule has 3 N–H and O–H groups in total. The highest BCUT2D eigenvalue weighted by atomic mass is 127. The Labute approximate surface area is 139 Å². The number of hydrogen-bond donors (Lipinski definition) is 3. The lowest BCUT2D eigenvalue weighted by atomic mass is 10.2. The topological polar surface area (TPSA) is 81.6 Å². The van der Waals surface area contributed by atoms with Gasteiger partial charge < -0.3 is 15.7 Å². The van der Waals surface area contributed by atoms with Gasteiger partial charge in [0, 0.05) is 11.9 Å². The van der Waals surface area contributed by atoms with Gasteiger partial charge in [-0.15, -0.1) is 0 Å². The van der Waals surface area contributed by atoms with Gasteiger partial charge in [-0.05, 0) is 18.6 Å². The zero-order valence-electron chi connectivity index (χ0n) is 10.8. The summed E-state index contributed by atoms with van der Waals surface area (Å²) in [6, 6.07) is 0. The van der Waals surface area contributed by atoms with Crippen LogP contribution in [0.25, 0.3) is 0 Å². The van der Waals surface area contributed by atoms with Crippen LogP contribution in [0, 0.1) is 5.41 Å². The van der Waals surface area contributed by atoms with E-state index in [4.69, 9.17) is 5.41 Å². The van der Waals surface area contributed by atoms with E-state index in [2.05, 4.69) is 60.4 Å². The second kappa shape index (κ2) is 8.15. The molecular formula is C13H14BrIN4O. The van der Waals surface area contributed by atoms with Crippen molar-refractivity contribution < 1.29 is 0 Å². The zero-order chi connectivity index (χ0) is 15.1. The number of anilines is 1. The van der Waals surface area contributed by atoms with E-state index in [-0.39, 0.29) is 14.0 Å². The molecule has 1 aromatic rings. The van der Waals surface area contributed by atoms with E-state index in [0.717, 1.165) is 17.5 Å². The van der Waals surface area contributed by atoms with E-state index >= 15 is 0 Å². The van der Waals surface area contributed by atoms with E-state index in [1.807, 2.05) is 25.2 Å². The van der Waals surface area contributed by atoms with Gasteiger partial charge in [-0.25, -0.2) is 4.98 Å². The summed E-state index contributed by atoms with van der Waals surface area (Å²) in [4.78, 5) is 18.0. The zero-order valence-corrected chi connectivity index (χ0v) is 14.5. The molecule has 0 aromatic carbocycles. The van der Waals surface area contributed by atoms with Crippen LogP contribution >= 0.6 is 38.5 Å². The van der Waals surface area contributed by atoms with E-state index in [9.17, 15) is 4.79 Å². The van der Waals surface area contributed by atoms with Gasteiger partial charge in [0.05, 0.1) is 14.7 Å². The van der Waals surface area contributed by atoms with Crippen molar-refractivity contribution >= 4 is 50.6 Å². The highest BCUT2D eigenvalue weighted by Crippen LogP contribution is 2.19. The highest BCUT2D eigenvalue weighted by molar-refractivity contribution is 14.1. The monoisotopic (exact) mass is 448 g/mol. The summed E-state index contributed by atoms with van der Waals surface area (Å²) in [5.74, 6) is 0.344. The largest absolute Gasteiger partial charge is 0.340 e. The number of H-pyrrole nitrogens is 1. The van der Waals surface area contributed by atoms with Crippen molar-refractivity contribution in [2.24, 2.45) is 0 Å². The lowest BCUT2D eigenvalue weighted by Gasteiger charge is -2.08. The second-order valence-electron chi connectivity index (χ2n) is 3.72. The minimum atomic E-state index is -0.353. The average molecular weight is 449 g/mol. The summed E-state index contributed by atoms with van der Waals surface area (Å²) in [5.41, 5.74) is 1.51. The number of nitrogens with zero attached hydrogens (tertiary/aromatic N) is 1.